The lowest BCUT2D eigenvalue weighted by Crippen LogP contribution is -2.53. The van der Waals surface area contributed by atoms with E-state index in [2.05, 4.69) is 39.3 Å². The van der Waals surface area contributed by atoms with Crippen molar-refractivity contribution in [3.05, 3.63) is 0 Å². The molecule has 3 atom stereocenters. The van der Waals surface area contributed by atoms with Crippen LogP contribution >= 0.6 is 0 Å². The van der Waals surface area contributed by atoms with Crippen molar-refractivity contribution in [3.63, 3.8) is 0 Å². The van der Waals surface area contributed by atoms with Crippen LogP contribution in [0.5, 0.6) is 0 Å². The molecule has 7 heteroatoms. The zero-order valence-corrected chi connectivity index (χ0v) is 17.5. The van der Waals surface area contributed by atoms with Crippen LogP contribution in [0, 0.1) is 5.92 Å². The minimum atomic E-state index is 0.253. The Hall–Kier alpha value is -0.890. The molecule has 7 nitrogen and oxygen atoms in total. The Morgan fingerprint density at radius 1 is 1.19 bits per heavy atom. The molecule has 0 amide bonds. The van der Waals surface area contributed by atoms with Gasteiger partial charge in [-0.1, -0.05) is 13.8 Å². The van der Waals surface area contributed by atoms with Crippen LogP contribution in [-0.4, -0.2) is 100 Å². The number of morpholine rings is 2. The summed E-state index contributed by atoms with van der Waals surface area (Å²) in [7, 11) is 1.85. The number of nitrogens with one attached hydrogen (secondary N) is 2. The van der Waals surface area contributed by atoms with Crippen molar-refractivity contribution >= 4 is 5.96 Å². The molecule has 3 rings (SSSR count). The second-order valence-electron chi connectivity index (χ2n) is 8.51. The van der Waals surface area contributed by atoms with Gasteiger partial charge >= 0.3 is 0 Å². The monoisotopic (exact) mass is 381 g/mol. The highest BCUT2D eigenvalue weighted by Gasteiger charge is 2.32. The number of rotatable bonds is 7. The summed E-state index contributed by atoms with van der Waals surface area (Å²) in [6.07, 6.45) is 4.05. The largest absolute Gasteiger partial charge is 0.379 e. The highest BCUT2D eigenvalue weighted by molar-refractivity contribution is 5.79. The molecule has 0 aromatic carbocycles. The molecule has 0 bridgehead atoms. The molecule has 3 fully saturated rings. The Balaban J connectivity index is 1.42. The molecule has 0 aromatic rings. The molecule has 3 aliphatic heterocycles. The van der Waals surface area contributed by atoms with E-state index in [1.54, 1.807) is 0 Å². The summed E-state index contributed by atoms with van der Waals surface area (Å²) in [4.78, 5) is 9.56. The molecular weight excluding hydrogens is 342 g/mol. The summed E-state index contributed by atoms with van der Waals surface area (Å²) in [5, 5.41) is 7.02. The third-order valence-electron chi connectivity index (χ3n) is 5.99. The van der Waals surface area contributed by atoms with E-state index in [0.717, 1.165) is 58.5 Å². The van der Waals surface area contributed by atoms with Crippen molar-refractivity contribution in [1.82, 2.24) is 20.4 Å². The van der Waals surface area contributed by atoms with Crippen LogP contribution in [0.25, 0.3) is 0 Å². The highest BCUT2D eigenvalue weighted by atomic mass is 16.5. The van der Waals surface area contributed by atoms with Crippen LogP contribution in [0.2, 0.25) is 0 Å². The minimum absolute atomic E-state index is 0.253. The van der Waals surface area contributed by atoms with Gasteiger partial charge in [0.05, 0.1) is 25.9 Å². The summed E-state index contributed by atoms with van der Waals surface area (Å²) < 4.78 is 11.6. The summed E-state index contributed by atoms with van der Waals surface area (Å²) in [5.74, 6) is 1.56. The molecule has 3 aliphatic rings. The first-order valence-electron chi connectivity index (χ1n) is 10.8. The van der Waals surface area contributed by atoms with Crippen molar-refractivity contribution in [3.8, 4) is 0 Å². The van der Waals surface area contributed by atoms with Gasteiger partial charge in [-0.3, -0.25) is 14.8 Å². The number of hydrogen-bond donors (Lipinski definition) is 2. The maximum absolute atomic E-state index is 6.05. The van der Waals surface area contributed by atoms with Gasteiger partial charge in [0.25, 0.3) is 0 Å². The topological polar surface area (TPSA) is 61.4 Å². The molecule has 27 heavy (non-hydrogen) atoms. The Bertz CT molecular complexity index is 467. The van der Waals surface area contributed by atoms with Crippen LogP contribution in [0.3, 0.4) is 0 Å². The van der Waals surface area contributed by atoms with Gasteiger partial charge in [-0.2, -0.15) is 0 Å². The fourth-order valence-corrected chi connectivity index (χ4v) is 4.50. The maximum Gasteiger partial charge on any atom is 0.191 e. The molecule has 0 saturated carbocycles. The quantitative estimate of drug-likeness (QED) is 0.502. The third-order valence-corrected chi connectivity index (χ3v) is 5.99. The fraction of sp³-hybridized carbons (Fsp3) is 0.950. The number of guanidine groups is 1. The van der Waals surface area contributed by atoms with Gasteiger partial charge in [0.15, 0.2) is 5.96 Å². The van der Waals surface area contributed by atoms with Gasteiger partial charge < -0.3 is 20.1 Å². The summed E-state index contributed by atoms with van der Waals surface area (Å²) in [6.45, 7) is 13.2. The summed E-state index contributed by atoms with van der Waals surface area (Å²) in [6, 6.07) is 1.17. The standard InChI is InChI=1S/C20H39N5O2/c1-16(2)11-18(24-7-9-26-10-8-24)12-22-20(21-3)23-13-19-14-25-6-4-5-17(25)15-27-19/h16-19H,4-15H2,1-3H3,(H2,21,22,23). The molecule has 3 heterocycles. The van der Waals surface area contributed by atoms with Gasteiger partial charge in [0, 0.05) is 51.9 Å². The zero-order valence-electron chi connectivity index (χ0n) is 17.5. The predicted octanol–water partition coefficient (Wildman–Crippen LogP) is 0.762. The smallest absolute Gasteiger partial charge is 0.191 e. The van der Waals surface area contributed by atoms with E-state index in [9.17, 15) is 0 Å². The van der Waals surface area contributed by atoms with Crippen molar-refractivity contribution in [2.45, 2.75) is 51.3 Å². The number of fused-ring (bicyclic) bond motifs is 1. The first-order valence-corrected chi connectivity index (χ1v) is 10.8. The molecule has 2 N–H and O–H groups in total. The lowest BCUT2D eigenvalue weighted by molar-refractivity contribution is -0.0453. The van der Waals surface area contributed by atoms with Gasteiger partial charge in [-0.05, 0) is 31.7 Å². The van der Waals surface area contributed by atoms with Crippen LogP contribution < -0.4 is 10.6 Å². The molecule has 0 radical (unpaired) electrons. The van der Waals surface area contributed by atoms with E-state index >= 15 is 0 Å². The van der Waals surface area contributed by atoms with Crippen LogP contribution in [-0.2, 0) is 9.47 Å². The Kier molecular flexibility index (Phi) is 8.18. The average molecular weight is 382 g/mol. The summed E-state index contributed by atoms with van der Waals surface area (Å²) >= 11 is 0. The van der Waals surface area contributed by atoms with E-state index in [1.165, 1.54) is 25.8 Å². The zero-order chi connectivity index (χ0) is 19.1. The van der Waals surface area contributed by atoms with Gasteiger partial charge in [0.2, 0.25) is 0 Å². The summed E-state index contributed by atoms with van der Waals surface area (Å²) in [5.41, 5.74) is 0. The third kappa shape index (κ3) is 6.31. The van der Waals surface area contributed by atoms with E-state index in [4.69, 9.17) is 9.47 Å². The van der Waals surface area contributed by atoms with E-state index < -0.39 is 0 Å². The average Bonchev–Trinajstić information content (AvgIpc) is 3.15. The van der Waals surface area contributed by atoms with Crippen molar-refractivity contribution in [1.29, 1.82) is 0 Å². The Morgan fingerprint density at radius 2 is 2.00 bits per heavy atom. The number of hydrogen-bond acceptors (Lipinski definition) is 5. The minimum Gasteiger partial charge on any atom is -0.379 e. The number of aliphatic imine (C=N–C) groups is 1. The van der Waals surface area contributed by atoms with Crippen LogP contribution in [0.15, 0.2) is 4.99 Å². The van der Waals surface area contributed by atoms with Crippen molar-refractivity contribution in [2.75, 3.05) is 66.1 Å². The van der Waals surface area contributed by atoms with Gasteiger partial charge in [0.1, 0.15) is 0 Å². The fourth-order valence-electron chi connectivity index (χ4n) is 4.50. The van der Waals surface area contributed by atoms with Gasteiger partial charge in [-0.25, -0.2) is 0 Å². The van der Waals surface area contributed by atoms with E-state index in [-0.39, 0.29) is 6.10 Å². The van der Waals surface area contributed by atoms with Gasteiger partial charge in [-0.15, -0.1) is 0 Å². The Labute approximate surface area is 164 Å². The molecule has 3 unspecified atom stereocenters. The Morgan fingerprint density at radius 3 is 2.74 bits per heavy atom. The lowest BCUT2D eigenvalue weighted by Gasteiger charge is -2.36. The maximum atomic E-state index is 6.05. The lowest BCUT2D eigenvalue weighted by atomic mass is 10.0. The SMILES string of the molecule is CN=C(NCC1CN2CCCC2CO1)NCC(CC(C)C)N1CCOCC1. The molecule has 0 aromatic heterocycles. The molecule has 0 aliphatic carbocycles. The molecular formula is C20H39N5O2. The van der Waals surface area contributed by atoms with Crippen LogP contribution in [0.4, 0.5) is 0 Å². The molecule has 3 saturated heterocycles. The predicted molar refractivity (Wildman–Crippen MR) is 109 cm³/mol. The number of ether oxygens (including phenoxy) is 2. The normalized spacial score (nSPS) is 29.0. The van der Waals surface area contributed by atoms with E-state index in [1.807, 2.05) is 7.05 Å². The number of nitrogens with zero attached hydrogens (tertiary/aromatic N) is 3. The second-order valence-corrected chi connectivity index (χ2v) is 8.51. The van der Waals surface area contributed by atoms with E-state index in [0.29, 0.717) is 18.0 Å². The second kappa shape index (κ2) is 10.6. The van der Waals surface area contributed by atoms with Crippen molar-refractivity contribution < 1.29 is 9.47 Å². The van der Waals surface area contributed by atoms with Crippen molar-refractivity contribution in [2.24, 2.45) is 10.9 Å². The first-order chi connectivity index (χ1) is 13.2. The first kappa shape index (κ1) is 20.8. The van der Waals surface area contributed by atoms with Crippen LogP contribution in [0.1, 0.15) is 33.1 Å². The molecule has 156 valence electrons. The highest BCUT2D eigenvalue weighted by Crippen LogP contribution is 2.22. The molecule has 0 spiro atoms.